The first-order valence-corrected chi connectivity index (χ1v) is 6.38. The van der Waals surface area contributed by atoms with Crippen LogP contribution in [0.25, 0.3) is 0 Å². The maximum Gasteiger partial charge on any atom is 0.159 e. The van der Waals surface area contributed by atoms with Crippen LogP contribution < -0.4 is 5.32 Å². The Balaban J connectivity index is 2.03. The van der Waals surface area contributed by atoms with Crippen molar-refractivity contribution < 1.29 is 9.47 Å². The van der Waals surface area contributed by atoms with Gasteiger partial charge in [0.15, 0.2) is 6.29 Å². The molecular formula is C13H25NO2. The van der Waals surface area contributed by atoms with E-state index in [0.29, 0.717) is 6.04 Å². The molecule has 1 saturated heterocycles. The zero-order chi connectivity index (χ0) is 11.6. The second kappa shape index (κ2) is 8.74. The summed E-state index contributed by atoms with van der Waals surface area (Å²) in [6.45, 7) is 5.23. The lowest BCUT2D eigenvalue weighted by molar-refractivity contribution is -0.0528. The number of hydrogen-bond acceptors (Lipinski definition) is 3. The van der Waals surface area contributed by atoms with E-state index in [4.69, 9.17) is 9.47 Å². The first-order valence-electron chi connectivity index (χ1n) is 6.38. The zero-order valence-electron chi connectivity index (χ0n) is 10.4. The Kier molecular flexibility index (Phi) is 7.47. The minimum absolute atomic E-state index is 0.0191. The Labute approximate surface area is 99.2 Å². The minimum Gasteiger partial charge on any atom is -0.350 e. The van der Waals surface area contributed by atoms with E-state index in [1.165, 1.54) is 25.7 Å². The van der Waals surface area contributed by atoms with Gasteiger partial charge in [0, 0.05) is 12.5 Å². The predicted octanol–water partition coefficient (Wildman–Crippen LogP) is 2.47. The van der Waals surface area contributed by atoms with Gasteiger partial charge in [-0.15, -0.1) is 6.58 Å². The molecule has 1 rings (SSSR count). The summed E-state index contributed by atoms with van der Waals surface area (Å²) < 4.78 is 10.9. The fourth-order valence-electron chi connectivity index (χ4n) is 2.01. The summed E-state index contributed by atoms with van der Waals surface area (Å²) >= 11 is 0. The van der Waals surface area contributed by atoms with Gasteiger partial charge in [0.05, 0.1) is 13.2 Å². The highest BCUT2D eigenvalue weighted by molar-refractivity contribution is 4.70. The molecule has 1 aliphatic rings. The van der Waals surface area contributed by atoms with Crippen molar-refractivity contribution in [3.8, 4) is 0 Å². The summed E-state index contributed by atoms with van der Waals surface area (Å²) in [6, 6.07) is 0.520. The molecule has 1 heterocycles. The third-order valence-corrected chi connectivity index (χ3v) is 3.04. The van der Waals surface area contributed by atoms with Gasteiger partial charge >= 0.3 is 0 Å². The van der Waals surface area contributed by atoms with E-state index in [2.05, 4.69) is 11.9 Å². The smallest absolute Gasteiger partial charge is 0.159 e. The van der Waals surface area contributed by atoms with Gasteiger partial charge in [-0.2, -0.15) is 0 Å². The van der Waals surface area contributed by atoms with Gasteiger partial charge in [-0.3, -0.25) is 0 Å². The van der Waals surface area contributed by atoms with Crippen molar-refractivity contribution in [3.63, 3.8) is 0 Å². The Hall–Kier alpha value is -0.380. The number of rotatable bonds is 9. The number of ether oxygens (including phenoxy) is 2. The average Bonchev–Trinajstić information content (AvgIpc) is 2.80. The molecule has 0 radical (unpaired) electrons. The molecule has 1 atom stereocenters. The highest BCUT2D eigenvalue weighted by atomic mass is 16.7. The Morgan fingerprint density at radius 2 is 2.06 bits per heavy atom. The SMILES string of the molecule is C=CCCCCCC(CC1OCCO1)NC. The van der Waals surface area contributed by atoms with Crippen LogP contribution >= 0.6 is 0 Å². The average molecular weight is 227 g/mol. The summed E-state index contributed by atoms with van der Waals surface area (Å²) in [5, 5.41) is 3.34. The van der Waals surface area contributed by atoms with Crippen molar-refractivity contribution in [2.24, 2.45) is 0 Å². The lowest BCUT2D eigenvalue weighted by atomic mass is 10.0. The second-order valence-corrected chi connectivity index (χ2v) is 4.32. The fourth-order valence-corrected chi connectivity index (χ4v) is 2.01. The standard InChI is InChI=1S/C13H25NO2/c1-3-4-5-6-7-8-12(14-2)11-13-15-9-10-16-13/h3,12-14H,1,4-11H2,2H3. The van der Waals surface area contributed by atoms with Crippen LogP contribution in [-0.2, 0) is 9.47 Å². The van der Waals surface area contributed by atoms with E-state index in [1.54, 1.807) is 0 Å². The van der Waals surface area contributed by atoms with E-state index < -0.39 is 0 Å². The quantitative estimate of drug-likeness (QED) is 0.485. The number of allylic oxidation sites excluding steroid dienone is 1. The molecule has 0 aliphatic carbocycles. The molecule has 0 amide bonds. The van der Waals surface area contributed by atoms with Gasteiger partial charge in [-0.1, -0.05) is 18.9 Å². The lowest BCUT2D eigenvalue weighted by Crippen LogP contribution is -2.30. The van der Waals surface area contributed by atoms with Gasteiger partial charge in [0.2, 0.25) is 0 Å². The van der Waals surface area contributed by atoms with Gasteiger partial charge < -0.3 is 14.8 Å². The van der Waals surface area contributed by atoms with Gasteiger partial charge in [-0.05, 0) is 26.3 Å². The highest BCUT2D eigenvalue weighted by Crippen LogP contribution is 2.14. The maximum atomic E-state index is 5.45. The van der Waals surface area contributed by atoms with Crippen LogP contribution in [0.5, 0.6) is 0 Å². The molecule has 94 valence electrons. The van der Waals surface area contributed by atoms with Gasteiger partial charge in [0.1, 0.15) is 0 Å². The van der Waals surface area contributed by atoms with Crippen LogP contribution in [0, 0.1) is 0 Å². The van der Waals surface area contributed by atoms with E-state index in [9.17, 15) is 0 Å². The molecule has 1 unspecified atom stereocenters. The largest absolute Gasteiger partial charge is 0.350 e. The zero-order valence-corrected chi connectivity index (χ0v) is 10.4. The van der Waals surface area contributed by atoms with Crippen molar-refractivity contribution in [3.05, 3.63) is 12.7 Å². The molecule has 0 spiro atoms. The number of hydrogen-bond donors (Lipinski definition) is 1. The van der Waals surface area contributed by atoms with Crippen molar-refractivity contribution in [1.29, 1.82) is 0 Å². The fraction of sp³-hybridized carbons (Fsp3) is 0.846. The van der Waals surface area contributed by atoms with Crippen LogP contribution in [-0.4, -0.2) is 32.6 Å². The number of unbranched alkanes of at least 4 members (excludes halogenated alkanes) is 3. The molecule has 1 aliphatic heterocycles. The van der Waals surface area contributed by atoms with Crippen LogP contribution in [0.2, 0.25) is 0 Å². The number of nitrogens with one attached hydrogen (secondary N) is 1. The van der Waals surface area contributed by atoms with E-state index in [-0.39, 0.29) is 6.29 Å². The van der Waals surface area contributed by atoms with Crippen LogP contribution in [0.3, 0.4) is 0 Å². The summed E-state index contributed by atoms with van der Waals surface area (Å²) in [5.74, 6) is 0. The summed E-state index contributed by atoms with van der Waals surface area (Å²) in [4.78, 5) is 0. The van der Waals surface area contributed by atoms with E-state index in [1.807, 2.05) is 13.1 Å². The lowest BCUT2D eigenvalue weighted by Gasteiger charge is -2.19. The molecule has 1 fully saturated rings. The maximum absolute atomic E-state index is 5.45. The summed E-state index contributed by atoms with van der Waals surface area (Å²) in [7, 11) is 2.02. The Morgan fingerprint density at radius 3 is 2.69 bits per heavy atom. The molecular weight excluding hydrogens is 202 g/mol. The second-order valence-electron chi connectivity index (χ2n) is 4.32. The van der Waals surface area contributed by atoms with Crippen LogP contribution in [0.15, 0.2) is 12.7 Å². The third kappa shape index (κ3) is 5.64. The van der Waals surface area contributed by atoms with Crippen molar-refractivity contribution >= 4 is 0 Å². The molecule has 0 saturated carbocycles. The molecule has 0 aromatic heterocycles. The van der Waals surface area contributed by atoms with E-state index in [0.717, 1.165) is 26.1 Å². The first-order chi connectivity index (χ1) is 7.86. The first kappa shape index (κ1) is 13.7. The van der Waals surface area contributed by atoms with Crippen LogP contribution in [0.4, 0.5) is 0 Å². The normalized spacial score (nSPS) is 18.8. The van der Waals surface area contributed by atoms with Crippen molar-refractivity contribution in [1.82, 2.24) is 5.32 Å². The molecule has 0 aromatic rings. The molecule has 0 bridgehead atoms. The van der Waals surface area contributed by atoms with Crippen molar-refractivity contribution in [2.75, 3.05) is 20.3 Å². The highest BCUT2D eigenvalue weighted by Gasteiger charge is 2.19. The van der Waals surface area contributed by atoms with Gasteiger partial charge in [-0.25, -0.2) is 0 Å². The third-order valence-electron chi connectivity index (χ3n) is 3.04. The Morgan fingerprint density at radius 1 is 1.31 bits per heavy atom. The topological polar surface area (TPSA) is 30.5 Å². The van der Waals surface area contributed by atoms with Crippen LogP contribution in [0.1, 0.15) is 38.5 Å². The van der Waals surface area contributed by atoms with E-state index >= 15 is 0 Å². The monoisotopic (exact) mass is 227 g/mol. The summed E-state index contributed by atoms with van der Waals surface area (Å²) in [6.07, 6.45) is 9.15. The summed E-state index contributed by atoms with van der Waals surface area (Å²) in [5.41, 5.74) is 0. The molecule has 0 aromatic carbocycles. The predicted molar refractivity (Wildman–Crippen MR) is 66.4 cm³/mol. The molecule has 16 heavy (non-hydrogen) atoms. The molecule has 1 N–H and O–H groups in total. The van der Waals surface area contributed by atoms with Crippen molar-refractivity contribution in [2.45, 2.75) is 50.9 Å². The Bertz CT molecular complexity index is 179. The minimum atomic E-state index is 0.0191. The molecule has 3 nitrogen and oxygen atoms in total. The molecule has 3 heteroatoms. The van der Waals surface area contributed by atoms with Gasteiger partial charge in [0.25, 0.3) is 0 Å².